The van der Waals surface area contributed by atoms with Gasteiger partial charge in [-0.3, -0.25) is 4.79 Å². The molecule has 1 aromatic carbocycles. The van der Waals surface area contributed by atoms with E-state index >= 15 is 0 Å². The zero-order valence-electron chi connectivity index (χ0n) is 10.3. The molecule has 1 amide bonds. The molecule has 1 aromatic rings. The third-order valence-electron chi connectivity index (χ3n) is 2.74. The minimum Gasteiger partial charge on any atom is -0.482 e. The number of carbonyl (C=O) groups is 1. The Morgan fingerprint density at radius 3 is 3.11 bits per heavy atom. The normalized spacial score (nSPS) is 14.3. The van der Waals surface area contributed by atoms with Crippen molar-refractivity contribution in [3.05, 3.63) is 21.8 Å². The van der Waals surface area contributed by atoms with Gasteiger partial charge >= 0.3 is 0 Å². The molecule has 0 fully saturated rings. The smallest absolute Gasteiger partial charge is 0.265 e. The van der Waals surface area contributed by atoms with Crippen LogP contribution in [-0.4, -0.2) is 32.3 Å². The molecule has 0 aromatic heterocycles. The molecule has 18 heavy (non-hydrogen) atoms. The van der Waals surface area contributed by atoms with E-state index in [1.165, 1.54) is 0 Å². The standard InChI is InChI=1S/C13H16INO3/c1-2-17-7-3-6-15-11-5-4-10(14)8-12(11)18-9-13(15)16/h4-5,8H,2-3,6-7,9H2,1H3. The number of hydrogen-bond donors (Lipinski definition) is 0. The van der Waals surface area contributed by atoms with Gasteiger partial charge in [0.1, 0.15) is 5.75 Å². The second-order valence-corrected chi connectivity index (χ2v) is 5.24. The van der Waals surface area contributed by atoms with E-state index in [1.807, 2.05) is 25.1 Å². The second kappa shape index (κ2) is 6.38. The van der Waals surface area contributed by atoms with Crippen molar-refractivity contribution >= 4 is 34.2 Å². The molecule has 98 valence electrons. The minimum absolute atomic E-state index is 0.0141. The van der Waals surface area contributed by atoms with Crippen molar-refractivity contribution in [1.82, 2.24) is 0 Å². The second-order valence-electron chi connectivity index (χ2n) is 4.00. The molecule has 4 nitrogen and oxygen atoms in total. The Balaban J connectivity index is 2.08. The van der Waals surface area contributed by atoms with Crippen molar-refractivity contribution < 1.29 is 14.3 Å². The van der Waals surface area contributed by atoms with Crippen LogP contribution in [0.1, 0.15) is 13.3 Å². The maximum absolute atomic E-state index is 11.9. The van der Waals surface area contributed by atoms with E-state index in [0.717, 1.165) is 21.4 Å². The predicted octanol–water partition coefficient (Wildman–Crippen LogP) is 2.44. The molecule has 1 heterocycles. The number of amides is 1. The Bertz CT molecular complexity index is 436. The van der Waals surface area contributed by atoms with Gasteiger partial charge in [-0.25, -0.2) is 0 Å². The Kier molecular flexibility index (Phi) is 4.82. The van der Waals surface area contributed by atoms with E-state index in [9.17, 15) is 4.79 Å². The number of rotatable bonds is 5. The van der Waals surface area contributed by atoms with Gasteiger partial charge in [-0.15, -0.1) is 0 Å². The summed E-state index contributed by atoms with van der Waals surface area (Å²) >= 11 is 2.23. The molecular formula is C13H16INO3. The summed E-state index contributed by atoms with van der Waals surface area (Å²) in [6.45, 7) is 4.17. The number of halogens is 1. The zero-order chi connectivity index (χ0) is 13.0. The Morgan fingerprint density at radius 1 is 1.50 bits per heavy atom. The summed E-state index contributed by atoms with van der Waals surface area (Å²) in [5.41, 5.74) is 0.864. The molecule has 0 spiro atoms. The molecule has 2 rings (SSSR count). The molecule has 0 atom stereocenters. The molecule has 0 bridgehead atoms. The van der Waals surface area contributed by atoms with Gasteiger partial charge in [0.25, 0.3) is 5.91 Å². The third-order valence-corrected chi connectivity index (χ3v) is 3.41. The first-order valence-electron chi connectivity index (χ1n) is 6.03. The van der Waals surface area contributed by atoms with Crippen LogP contribution in [0.3, 0.4) is 0 Å². The van der Waals surface area contributed by atoms with Gasteiger partial charge in [0, 0.05) is 23.3 Å². The fourth-order valence-electron chi connectivity index (χ4n) is 1.89. The fraction of sp³-hybridized carbons (Fsp3) is 0.462. The van der Waals surface area contributed by atoms with Gasteiger partial charge in [0.15, 0.2) is 6.61 Å². The highest BCUT2D eigenvalue weighted by Crippen LogP contribution is 2.33. The minimum atomic E-state index is 0.0141. The Morgan fingerprint density at radius 2 is 2.33 bits per heavy atom. The zero-order valence-corrected chi connectivity index (χ0v) is 12.5. The molecule has 1 aliphatic rings. The lowest BCUT2D eigenvalue weighted by Gasteiger charge is -2.29. The van der Waals surface area contributed by atoms with Crippen LogP contribution in [0.5, 0.6) is 5.75 Å². The van der Waals surface area contributed by atoms with Gasteiger partial charge in [-0.2, -0.15) is 0 Å². The lowest BCUT2D eigenvalue weighted by molar-refractivity contribution is -0.121. The molecule has 0 unspecified atom stereocenters. The average Bonchev–Trinajstić information content (AvgIpc) is 2.37. The van der Waals surface area contributed by atoms with Crippen LogP contribution in [0.25, 0.3) is 0 Å². The van der Waals surface area contributed by atoms with E-state index in [2.05, 4.69) is 22.6 Å². The van der Waals surface area contributed by atoms with Gasteiger partial charge in [-0.1, -0.05) is 0 Å². The van der Waals surface area contributed by atoms with Gasteiger partial charge in [0.2, 0.25) is 0 Å². The first-order chi connectivity index (χ1) is 8.72. The molecule has 0 N–H and O–H groups in total. The molecular weight excluding hydrogens is 345 g/mol. The highest BCUT2D eigenvalue weighted by molar-refractivity contribution is 14.1. The summed E-state index contributed by atoms with van der Waals surface area (Å²) in [5, 5.41) is 0. The summed E-state index contributed by atoms with van der Waals surface area (Å²) in [5.74, 6) is 0.804. The van der Waals surface area contributed by atoms with E-state index < -0.39 is 0 Å². The molecule has 0 aliphatic carbocycles. The van der Waals surface area contributed by atoms with Crippen LogP contribution in [0, 0.1) is 3.57 Å². The van der Waals surface area contributed by atoms with Crippen LogP contribution >= 0.6 is 22.6 Å². The van der Waals surface area contributed by atoms with Gasteiger partial charge in [-0.05, 0) is 54.1 Å². The Hall–Kier alpha value is -0.820. The SMILES string of the molecule is CCOCCCN1C(=O)COc2cc(I)ccc21. The van der Waals surface area contributed by atoms with E-state index in [4.69, 9.17) is 9.47 Å². The number of nitrogens with zero attached hydrogens (tertiary/aromatic N) is 1. The van der Waals surface area contributed by atoms with Crippen molar-refractivity contribution in [2.24, 2.45) is 0 Å². The largest absolute Gasteiger partial charge is 0.482 e. The van der Waals surface area contributed by atoms with Crippen LogP contribution in [0.4, 0.5) is 5.69 Å². The lowest BCUT2D eigenvalue weighted by atomic mass is 10.2. The summed E-state index contributed by atoms with van der Waals surface area (Å²) in [6, 6.07) is 5.88. The van der Waals surface area contributed by atoms with Crippen molar-refractivity contribution in [3.63, 3.8) is 0 Å². The van der Waals surface area contributed by atoms with Crippen LogP contribution in [0.2, 0.25) is 0 Å². The summed E-state index contributed by atoms with van der Waals surface area (Å²) < 4.78 is 11.8. The predicted molar refractivity (Wildman–Crippen MR) is 78.1 cm³/mol. The monoisotopic (exact) mass is 361 g/mol. The Labute approximate surface area is 120 Å². The number of fused-ring (bicyclic) bond motifs is 1. The molecule has 1 aliphatic heterocycles. The van der Waals surface area contributed by atoms with E-state index in [1.54, 1.807) is 4.90 Å². The first-order valence-corrected chi connectivity index (χ1v) is 7.10. The quantitative estimate of drug-likeness (QED) is 0.598. The number of anilines is 1. The molecule has 5 heteroatoms. The summed E-state index contributed by atoms with van der Waals surface area (Å²) in [4.78, 5) is 13.6. The molecule has 0 radical (unpaired) electrons. The van der Waals surface area contributed by atoms with Crippen molar-refractivity contribution in [2.75, 3.05) is 31.3 Å². The van der Waals surface area contributed by atoms with Crippen molar-refractivity contribution in [1.29, 1.82) is 0 Å². The third kappa shape index (κ3) is 3.14. The van der Waals surface area contributed by atoms with Gasteiger partial charge < -0.3 is 14.4 Å². The van der Waals surface area contributed by atoms with Gasteiger partial charge in [0.05, 0.1) is 5.69 Å². The summed E-state index contributed by atoms with van der Waals surface area (Å²) in [6.07, 6.45) is 0.838. The van der Waals surface area contributed by atoms with Crippen molar-refractivity contribution in [2.45, 2.75) is 13.3 Å². The number of ether oxygens (including phenoxy) is 2. The number of hydrogen-bond acceptors (Lipinski definition) is 3. The fourth-order valence-corrected chi connectivity index (χ4v) is 2.36. The van der Waals surface area contributed by atoms with Crippen LogP contribution in [0.15, 0.2) is 18.2 Å². The van der Waals surface area contributed by atoms with Crippen LogP contribution < -0.4 is 9.64 Å². The lowest BCUT2D eigenvalue weighted by Crippen LogP contribution is -2.39. The topological polar surface area (TPSA) is 38.8 Å². The molecule has 0 saturated carbocycles. The van der Waals surface area contributed by atoms with E-state index in [-0.39, 0.29) is 12.5 Å². The molecule has 0 saturated heterocycles. The maximum Gasteiger partial charge on any atom is 0.265 e. The highest BCUT2D eigenvalue weighted by Gasteiger charge is 2.24. The number of benzene rings is 1. The van der Waals surface area contributed by atoms with Crippen molar-refractivity contribution in [3.8, 4) is 5.75 Å². The highest BCUT2D eigenvalue weighted by atomic mass is 127. The maximum atomic E-state index is 11.9. The summed E-state index contributed by atoms with van der Waals surface area (Å²) in [7, 11) is 0. The first kappa shape index (κ1) is 13.6. The average molecular weight is 361 g/mol. The number of carbonyl (C=O) groups excluding carboxylic acids is 1. The van der Waals surface area contributed by atoms with Crippen LogP contribution in [-0.2, 0) is 9.53 Å². The van der Waals surface area contributed by atoms with E-state index in [0.29, 0.717) is 19.8 Å².